The van der Waals surface area contributed by atoms with E-state index in [2.05, 4.69) is 10.3 Å². The van der Waals surface area contributed by atoms with Gasteiger partial charge in [0.2, 0.25) is 5.91 Å². The smallest absolute Gasteiger partial charge is 0.326 e. The minimum atomic E-state index is -1.00. The van der Waals surface area contributed by atoms with E-state index in [1.807, 2.05) is 19.1 Å². The van der Waals surface area contributed by atoms with Gasteiger partial charge in [0.25, 0.3) is 5.91 Å². The van der Waals surface area contributed by atoms with Crippen molar-refractivity contribution in [2.24, 2.45) is 0 Å². The molecular formula is C25H23FN4O3. The molecule has 0 bridgehead atoms. The molecule has 3 aromatic rings. The molecule has 4 rings (SSSR count). The summed E-state index contributed by atoms with van der Waals surface area (Å²) < 4.78 is 13.4. The summed E-state index contributed by atoms with van der Waals surface area (Å²) in [7, 11) is 0. The molecule has 1 aliphatic rings. The Labute approximate surface area is 190 Å². The Balaban J connectivity index is 1.57. The molecule has 7 nitrogen and oxygen atoms in total. The third-order valence-corrected chi connectivity index (χ3v) is 5.50. The van der Waals surface area contributed by atoms with E-state index < -0.39 is 23.8 Å². The fourth-order valence-corrected chi connectivity index (χ4v) is 3.74. The summed E-state index contributed by atoms with van der Waals surface area (Å²) >= 11 is 0. The zero-order chi connectivity index (χ0) is 23.4. The van der Waals surface area contributed by atoms with Crippen molar-refractivity contribution in [1.82, 2.24) is 9.88 Å². The third-order valence-electron chi connectivity index (χ3n) is 5.50. The second kappa shape index (κ2) is 9.60. The molecule has 2 heterocycles. The number of aryl methyl sites for hydroxylation is 1. The van der Waals surface area contributed by atoms with Crippen molar-refractivity contribution < 1.29 is 18.8 Å². The van der Waals surface area contributed by atoms with E-state index in [1.54, 1.807) is 36.7 Å². The van der Waals surface area contributed by atoms with Crippen molar-refractivity contribution >= 4 is 29.2 Å². The van der Waals surface area contributed by atoms with Crippen molar-refractivity contribution in [1.29, 1.82) is 0 Å². The first-order valence-corrected chi connectivity index (χ1v) is 10.6. The van der Waals surface area contributed by atoms with Gasteiger partial charge in [-0.3, -0.25) is 14.6 Å². The number of halogens is 1. The number of pyridine rings is 1. The zero-order valence-electron chi connectivity index (χ0n) is 18.1. The number of nitrogens with one attached hydrogen (secondary N) is 1. The highest BCUT2D eigenvalue weighted by Gasteiger charge is 2.46. The Bertz CT molecular complexity index is 1150. The minimum absolute atomic E-state index is 0.110. The number of carbonyl (C=O) groups excluding carboxylic acids is 3. The SMILES string of the molecule is CCc1ccc(NC(=O)C[C@H]2C(=O)N(c3ccc(F)cc3)C(=O)N2Cc2cccnc2)cc1. The van der Waals surface area contributed by atoms with Gasteiger partial charge in [0.1, 0.15) is 11.9 Å². The maximum atomic E-state index is 13.4. The molecule has 2 aromatic carbocycles. The average Bonchev–Trinajstić information content (AvgIpc) is 3.05. The second-order valence-electron chi connectivity index (χ2n) is 7.74. The summed E-state index contributed by atoms with van der Waals surface area (Å²) in [5.41, 5.74) is 2.73. The number of amides is 4. The largest absolute Gasteiger partial charge is 0.332 e. The molecule has 0 aliphatic carbocycles. The number of nitrogens with zero attached hydrogens (tertiary/aromatic N) is 3. The highest BCUT2D eigenvalue weighted by Crippen LogP contribution is 2.28. The van der Waals surface area contributed by atoms with Gasteiger partial charge in [-0.15, -0.1) is 0 Å². The number of urea groups is 1. The quantitative estimate of drug-likeness (QED) is 0.553. The van der Waals surface area contributed by atoms with Crippen LogP contribution in [-0.2, 0) is 22.6 Å². The van der Waals surface area contributed by atoms with Crippen LogP contribution in [0.5, 0.6) is 0 Å². The molecule has 0 saturated carbocycles. The van der Waals surface area contributed by atoms with E-state index in [4.69, 9.17) is 0 Å². The lowest BCUT2D eigenvalue weighted by atomic mass is 10.1. The lowest BCUT2D eigenvalue weighted by Crippen LogP contribution is -2.37. The second-order valence-corrected chi connectivity index (χ2v) is 7.74. The molecule has 8 heteroatoms. The highest BCUT2D eigenvalue weighted by molar-refractivity contribution is 6.22. The number of hydrogen-bond donors (Lipinski definition) is 1. The van der Waals surface area contributed by atoms with Crippen LogP contribution in [0.3, 0.4) is 0 Å². The summed E-state index contributed by atoms with van der Waals surface area (Å²) in [6, 6.07) is 14.5. The summed E-state index contributed by atoms with van der Waals surface area (Å²) in [5, 5.41) is 2.79. The first-order valence-electron chi connectivity index (χ1n) is 10.6. The molecule has 0 spiro atoms. The van der Waals surface area contributed by atoms with Gasteiger partial charge in [-0.2, -0.15) is 0 Å². The number of rotatable bonds is 7. The van der Waals surface area contributed by atoms with Crippen LogP contribution in [-0.4, -0.2) is 33.8 Å². The fraction of sp³-hybridized carbons (Fsp3) is 0.200. The van der Waals surface area contributed by atoms with Crippen LogP contribution >= 0.6 is 0 Å². The Morgan fingerprint density at radius 1 is 1.03 bits per heavy atom. The maximum absolute atomic E-state index is 13.4. The van der Waals surface area contributed by atoms with Gasteiger partial charge >= 0.3 is 6.03 Å². The lowest BCUT2D eigenvalue weighted by Gasteiger charge is -2.21. The molecule has 4 amide bonds. The standard InChI is InChI=1S/C25H23FN4O3/c1-2-17-5-9-20(10-6-17)28-23(31)14-22-24(32)30(21-11-7-19(26)8-12-21)25(33)29(22)16-18-4-3-13-27-15-18/h3-13,15,22H,2,14,16H2,1H3,(H,28,31)/t22-/m0/s1. The molecule has 1 saturated heterocycles. The summed E-state index contributed by atoms with van der Waals surface area (Å²) in [4.78, 5) is 45.6. The molecule has 168 valence electrons. The molecule has 1 fully saturated rings. The lowest BCUT2D eigenvalue weighted by molar-refractivity contribution is -0.124. The van der Waals surface area contributed by atoms with Crippen LogP contribution in [0.25, 0.3) is 0 Å². The van der Waals surface area contributed by atoms with Gasteiger partial charge in [-0.1, -0.05) is 25.1 Å². The molecule has 1 N–H and O–H groups in total. The molecule has 0 unspecified atom stereocenters. The monoisotopic (exact) mass is 446 g/mol. The number of carbonyl (C=O) groups is 3. The molecule has 33 heavy (non-hydrogen) atoms. The van der Waals surface area contributed by atoms with Gasteiger partial charge in [0.05, 0.1) is 12.1 Å². The van der Waals surface area contributed by atoms with E-state index >= 15 is 0 Å². The van der Waals surface area contributed by atoms with E-state index in [1.165, 1.54) is 29.2 Å². The van der Waals surface area contributed by atoms with Gasteiger partial charge in [-0.05, 0) is 60.0 Å². The Kier molecular flexibility index (Phi) is 6.44. The molecule has 1 atom stereocenters. The average molecular weight is 446 g/mol. The normalized spacial score (nSPS) is 15.8. The summed E-state index contributed by atoms with van der Waals surface area (Å²) in [6.45, 7) is 2.15. The number of benzene rings is 2. The van der Waals surface area contributed by atoms with Crippen molar-refractivity contribution in [2.75, 3.05) is 10.2 Å². The highest BCUT2D eigenvalue weighted by atomic mass is 19.1. The molecule has 1 aliphatic heterocycles. The van der Waals surface area contributed by atoms with Crippen molar-refractivity contribution in [3.8, 4) is 0 Å². The van der Waals surface area contributed by atoms with Crippen molar-refractivity contribution in [3.05, 3.63) is 90.0 Å². The number of anilines is 2. The topological polar surface area (TPSA) is 82.6 Å². The Morgan fingerprint density at radius 2 is 1.76 bits per heavy atom. The number of aromatic nitrogens is 1. The Morgan fingerprint density at radius 3 is 2.39 bits per heavy atom. The predicted octanol–water partition coefficient (Wildman–Crippen LogP) is 4.15. The third kappa shape index (κ3) is 4.90. The van der Waals surface area contributed by atoms with Crippen LogP contribution in [0.2, 0.25) is 0 Å². The molecule has 1 aromatic heterocycles. The van der Waals surface area contributed by atoms with Gasteiger partial charge in [0, 0.05) is 24.6 Å². The van der Waals surface area contributed by atoms with Crippen LogP contribution in [0.4, 0.5) is 20.6 Å². The van der Waals surface area contributed by atoms with E-state index in [0.29, 0.717) is 5.69 Å². The van der Waals surface area contributed by atoms with E-state index in [9.17, 15) is 18.8 Å². The molecular weight excluding hydrogens is 423 g/mol. The zero-order valence-corrected chi connectivity index (χ0v) is 18.1. The molecule has 0 radical (unpaired) electrons. The van der Waals surface area contributed by atoms with Crippen molar-refractivity contribution in [2.45, 2.75) is 32.4 Å². The fourth-order valence-electron chi connectivity index (χ4n) is 3.74. The first kappa shape index (κ1) is 22.1. The van der Waals surface area contributed by atoms with Crippen LogP contribution in [0, 0.1) is 5.82 Å². The first-order chi connectivity index (χ1) is 16.0. The van der Waals surface area contributed by atoms with Gasteiger partial charge in [0.15, 0.2) is 0 Å². The van der Waals surface area contributed by atoms with Crippen LogP contribution in [0.1, 0.15) is 24.5 Å². The summed E-state index contributed by atoms with van der Waals surface area (Å²) in [5.74, 6) is -1.40. The van der Waals surface area contributed by atoms with E-state index in [-0.39, 0.29) is 24.6 Å². The van der Waals surface area contributed by atoms with E-state index in [0.717, 1.165) is 22.4 Å². The van der Waals surface area contributed by atoms with Crippen LogP contribution < -0.4 is 10.2 Å². The number of imide groups is 1. The maximum Gasteiger partial charge on any atom is 0.332 e. The van der Waals surface area contributed by atoms with Crippen molar-refractivity contribution in [3.63, 3.8) is 0 Å². The Hall–Kier alpha value is -4.07. The predicted molar refractivity (Wildman–Crippen MR) is 122 cm³/mol. The summed E-state index contributed by atoms with van der Waals surface area (Å²) in [6.07, 6.45) is 3.89. The number of hydrogen-bond acceptors (Lipinski definition) is 4. The van der Waals surface area contributed by atoms with Gasteiger partial charge in [-0.25, -0.2) is 14.1 Å². The minimum Gasteiger partial charge on any atom is -0.326 e. The van der Waals surface area contributed by atoms with Gasteiger partial charge < -0.3 is 10.2 Å². The van der Waals surface area contributed by atoms with Crippen LogP contribution in [0.15, 0.2) is 73.1 Å².